The number of aromatic nitrogens is 2. The molecule has 2 rings (SSSR count). The van der Waals surface area contributed by atoms with Gasteiger partial charge in [-0.05, 0) is 39.0 Å². The SMILES string of the molecule is Cc1nn(-c2ccc(F)cc2[C@H](C)O)c(C)c1Cl. The molecule has 1 aromatic heterocycles. The third-order valence-corrected chi connectivity index (χ3v) is 3.42. The lowest BCUT2D eigenvalue weighted by Crippen LogP contribution is -2.06. The minimum Gasteiger partial charge on any atom is -0.389 e. The highest BCUT2D eigenvalue weighted by atomic mass is 35.5. The van der Waals surface area contributed by atoms with E-state index in [2.05, 4.69) is 5.10 Å². The molecule has 0 saturated carbocycles. The van der Waals surface area contributed by atoms with Crippen LogP contribution in [0.25, 0.3) is 5.69 Å². The molecule has 0 amide bonds. The predicted molar refractivity (Wildman–Crippen MR) is 68.6 cm³/mol. The van der Waals surface area contributed by atoms with Crippen LogP contribution in [0.2, 0.25) is 5.02 Å². The zero-order chi connectivity index (χ0) is 13.4. The molecule has 18 heavy (non-hydrogen) atoms. The number of aliphatic hydroxyl groups is 1. The third-order valence-electron chi connectivity index (χ3n) is 2.87. The first-order valence-corrected chi connectivity index (χ1v) is 5.99. The summed E-state index contributed by atoms with van der Waals surface area (Å²) in [6, 6.07) is 4.24. The second-order valence-electron chi connectivity index (χ2n) is 4.28. The molecule has 0 radical (unpaired) electrons. The minimum atomic E-state index is -0.779. The number of rotatable bonds is 2. The molecule has 5 heteroatoms. The van der Waals surface area contributed by atoms with Gasteiger partial charge in [0, 0.05) is 5.56 Å². The van der Waals surface area contributed by atoms with E-state index >= 15 is 0 Å². The molecule has 0 bridgehead atoms. The van der Waals surface area contributed by atoms with E-state index in [9.17, 15) is 9.50 Å². The summed E-state index contributed by atoms with van der Waals surface area (Å²) < 4.78 is 14.9. The molecule has 0 aliphatic heterocycles. The van der Waals surface area contributed by atoms with Gasteiger partial charge in [0.25, 0.3) is 0 Å². The Labute approximate surface area is 110 Å². The van der Waals surface area contributed by atoms with Gasteiger partial charge in [-0.1, -0.05) is 11.6 Å². The largest absolute Gasteiger partial charge is 0.389 e. The Kier molecular flexibility index (Phi) is 3.41. The molecule has 0 aliphatic rings. The topological polar surface area (TPSA) is 38.0 Å². The molecule has 1 aromatic carbocycles. The maximum atomic E-state index is 13.2. The first kappa shape index (κ1) is 13.1. The van der Waals surface area contributed by atoms with Crippen molar-refractivity contribution in [2.45, 2.75) is 26.9 Å². The van der Waals surface area contributed by atoms with Crippen molar-refractivity contribution < 1.29 is 9.50 Å². The Bertz CT molecular complexity index is 593. The van der Waals surface area contributed by atoms with Crippen molar-refractivity contribution in [1.82, 2.24) is 9.78 Å². The Morgan fingerprint density at radius 3 is 2.56 bits per heavy atom. The second-order valence-corrected chi connectivity index (χ2v) is 4.65. The van der Waals surface area contributed by atoms with Crippen molar-refractivity contribution in [1.29, 1.82) is 0 Å². The summed E-state index contributed by atoms with van der Waals surface area (Å²) in [5.41, 5.74) is 2.59. The van der Waals surface area contributed by atoms with Gasteiger partial charge in [-0.15, -0.1) is 0 Å². The van der Waals surface area contributed by atoms with Gasteiger partial charge in [0.15, 0.2) is 0 Å². The van der Waals surface area contributed by atoms with Crippen LogP contribution in [0.5, 0.6) is 0 Å². The second kappa shape index (κ2) is 4.71. The van der Waals surface area contributed by atoms with E-state index in [1.54, 1.807) is 24.6 Å². The molecule has 0 spiro atoms. The number of nitrogens with zero attached hydrogens (tertiary/aromatic N) is 2. The summed E-state index contributed by atoms with van der Waals surface area (Å²) in [6.07, 6.45) is -0.779. The highest BCUT2D eigenvalue weighted by Gasteiger charge is 2.16. The number of halogens is 2. The molecular formula is C13H14ClFN2O. The van der Waals surface area contributed by atoms with Crippen LogP contribution >= 0.6 is 11.6 Å². The van der Waals surface area contributed by atoms with Gasteiger partial charge in [-0.25, -0.2) is 9.07 Å². The van der Waals surface area contributed by atoms with E-state index < -0.39 is 6.10 Å². The van der Waals surface area contributed by atoms with Crippen LogP contribution in [-0.4, -0.2) is 14.9 Å². The van der Waals surface area contributed by atoms with E-state index in [1.165, 1.54) is 12.1 Å². The molecule has 1 N–H and O–H groups in total. The van der Waals surface area contributed by atoms with E-state index in [0.717, 1.165) is 5.69 Å². The lowest BCUT2D eigenvalue weighted by molar-refractivity contribution is 0.198. The Hall–Kier alpha value is -1.39. The lowest BCUT2D eigenvalue weighted by Gasteiger charge is -2.13. The van der Waals surface area contributed by atoms with Crippen LogP contribution < -0.4 is 0 Å². The summed E-state index contributed by atoms with van der Waals surface area (Å²) in [6.45, 7) is 5.22. The molecular weight excluding hydrogens is 255 g/mol. The zero-order valence-electron chi connectivity index (χ0n) is 10.4. The van der Waals surface area contributed by atoms with Gasteiger partial charge in [0.2, 0.25) is 0 Å². The van der Waals surface area contributed by atoms with Gasteiger partial charge in [-0.2, -0.15) is 5.10 Å². The highest BCUT2D eigenvalue weighted by Crippen LogP contribution is 2.27. The molecule has 0 fully saturated rings. The van der Waals surface area contributed by atoms with Crippen molar-refractivity contribution in [2.24, 2.45) is 0 Å². The zero-order valence-corrected chi connectivity index (χ0v) is 11.2. The van der Waals surface area contributed by atoms with Gasteiger partial charge in [0.05, 0.1) is 28.2 Å². The summed E-state index contributed by atoms with van der Waals surface area (Å²) in [5.74, 6) is -0.387. The molecule has 0 saturated heterocycles. The maximum Gasteiger partial charge on any atom is 0.123 e. The monoisotopic (exact) mass is 268 g/mol. The average molecular weight is 269 g/mol. The third kappa shape index (κ3) is 2.13. The summed E-state index contributed by atoms with van der Waals surface area (Å²) in [7, 11) is 0. The molecule has 1 atom stereocenters. The van der Waals surface area contributed by atoms with Crippen LogP contribution in [0.4, 0.5) is 4.39 Å². The molecule has 96 valence electrons. The van der Waals surface area contributed by atoms with Gasteiger partial charge < -0.3 is 5.11 Å². The van der Waals surface area contributed by atoms with E-state index in [-0.39, 0.29) is 5.82 Å². The standard InChI is InChI=1S/C13H14ClFN2O/c1-7-13(14)8(2)17(16-7)12-5-4-10(15)6-11(12)9(3)18/h4-6,9,18H,1-3H3/t9-/m0/s1. The van der Waals surface area contributed by atoms with Gasteiger partial charge in [-0.3, -0.25) is 0 Å². The van der Waals surface area contributed by atoms with Crippen molar-refractivity contribution in [3.63, 3.8) is 0 Å². The predicted octanol–water partition coefficient (Wildman–Crippen LogP) is 3.33. The van der Waals surface area contributed by atoms with Gasteiger partial charge >= 0.3 is 0 Å². The number of hydrogen-bond donors (Lipinski definition) is 1. The fraction of sp³-hybridized carbons (Fsp3) is 0.308. The molecule has 3 nitrogen and oxygen atoms in total. The molecule has 2 aromatic rings. The molecule has 0 aliphatic carbocycles. The fourth-order valence-electron chi connectivity index (χ4n) is 1.91. The van der Waals surface area contributed by atoms with Crippen LogP contribution in [-0.2, 0) is 0 Å². The van der Waals surface area contributed by atoms with Crippen LogP contribution in [0.15, 0.2) is 18.2 Å². The highest BCUT2D eigenvalue weighted by molar-refractivity contribution is 6.31. The van der Waals surface area contributed by atoms with Crippen LogP contribution in [0.1, 0.15) is 30.0 Å². The van der Waals surface area contributed by atoms with E-state index in [0.29, 0.717) is 22.0 Å². The van der Waals surface area contributed by atoms with Crippen molar-refractivity contribution in [3.05, 3.63) is 46.0 Å². The summed E-state index contributed by atoms with van der Waals surface area (Å²) in [5, 5.41) is 14.6. The smallest absolute Gasteiger partial charge is 0.123 e. The van der Waals surface area contributed by atoms with Crippen LogP contribution in [0.3, 0.4) is 0 Å². The minimum absolute atomic E-state index is 0.387. The Balaban J connectivity index is 2.67. The first-order valence-electron chi connectivity index (χ1n) is 5.61. The van der Waals surface area contributed by atoms with E-state index in [4.69, 9.17) is 11.6 Å². The Morgan fingerprint density at radius 1 is 1.39 bits per heavy atom. The van der Waals surface area contributed by atoms with E-state index in [1.807, 2.05) is 6.92 Å². The van der Waals surface area contributed by atoms with Crippen LogP contribution in [0, 0.1) is 19.7 Å². The number of aryl methyl sites for hydroxylation is 1. The maximum absolute atomic E-state index is 13.2. The summed E-state index contributed by atoms with van der Waals surface area (Å²) >= 11 is 6.09. The number of benzene rings is 1. The van der Waals surface area contributed by atoms with Crippen molar-refractivity contribution in [2.75, 3.05) is 0 Å². The molecule has 0 unspecified atom stereocenters. The normalized spacial score (nSPS) is 12.8. The van der Waals surface area contributed by atoms with Gasteiger partial charge in [0.1, 0.15) is 5.82 Å². The quantitative estimate of drug-likeness (QED) is 0.907. The first-order chi connectivity index (χ1) is 8.41. The fourth-order valence-corrected chi connectivity index (χ4v) is 2.03. The lowest BCUT2D eigenvalue weighted by atomic mass is 10.1. The van der Waals surface area contributed by atoms with Crippen molar-refractivity contribution >= 4 is 11.6 Å². The molecule has 1 heterocycles. The summed E-state index contributed by atoms with van der Waals surface area (Å²) in [4.78, 5) is 0. The Morgan fingerprint density at radius 2 is 2.06 bits per heavy atom. The number of hydrogen-bond acceptors (Lipinski definition) is 2. The average Bonchev–Trinajstić information content (AvgIpc) is 2.57. The number of aliphatic hydroxyl groups excluding tert-OH is 1. The van der Waals surface area contributed by atoms with Crippen molar-refractivity contribution in [3.8, 4) is 5.69 Å².